The summed E-state index contributed by atoms with van der Waals surface area (Å²) in [6, 6.07) is 6.03. The highest BCUT2D eigenvalue weighted by Crippen LogP contribution is 2.35. The van der Waals surface area contributed by atoms with Crippen molar-refractivity contribution < 1.29 is 0 Å². The molecular weight excluding hydrogens is 240 g/mol. The van der Waals surface area contributed by atoms with Gasteiger partial charge in [-0.3, -0.25) is 4.90 Å². The smallest absolute Gasteiger partial charge is 0.0444 e. The summed E-state index contributed by atoms with van der Waals surface area (Å²) in [7, 11) is 0. The topological polar surface area (TPSA) is 29.3 Å². The van der Waals surface area contributed by atoms with Gasteiger partial charge in [-0.15, -0.1) is 11.3 Å². The van der Waals surface area contributed by atoms with Crippen molar-refractivity contribution in [1.82, 2.24) is 4.90 Å². The Hall–Kier alpha value is -0.380. The molecule has 0 amide bonds. The fourth-order valence-electron chi connectivity index (χ4n) is 3.09. The van der Waals surface area contributed by atoms with Crippen LogP contribution in [0.25, 0.3) is 0 Å². The zero-order chi connectivity index (χ0) is 13.1. The van der Waals surface area contributed by atoms with E-state index in [4.69, 9.17) is 5.73 Å². The second-order valence-electron chi connectivity index (χ2n) is 5.61. The van der Waals surface area contributed by atoms with Crippen LogP contribution < -0.4 is 5.73 Å². The fraction of sp³-hybridized carbons (Fsp3) is 0.733. The Balaban J connectivity index is 2.16. The summed E-state index contributed by atoms with van der Waals surface area (Å²) in [5, 5.41) is 2.20. The molecule has 4 atom stereocenters. The maximum Gasteiger partial charge on any atom is 0.0444 e. The first-order valence-corrected chi connectivity index (χ1v) is 8.07. The summed E-state index contributed by atoms with van der Waals surface area (Å²) in [4.78, 5) is 4.20. The normalized spacial score (nSPS) is 31.4. The minimum atomic E-state index is 0.377. The molecule has 0 bridgehead atoms. The average molecular weight is 266 g/mol. The maximum atomic E-state index is 6.20. The minimum Gasteiger partial charge on any atom is -0.327 e. The Morgan fingerprint density at radius 3 is 2.89 bits per heavy atom. The van der Waals surface area contributed by atoms with Gasteiger partial charge in [-0.2, -0.15) is 0 Å². The van der Waals surface area contributed by atoms with Gasteiger partial charge in [-0.05, 0) is 37.1 Å². The molecule has 0 saturated carbocycles. The molecule has 1 aliphatic heterocycles. The summed E-state index contributed by atoms with van der Waals surface area (Å²) in [5.41, 5.74) is 6.20. The average Bonchev–Trinajstić information content (AvgIpc) is 2.88. The Kier molecular flexibility index (Phi) is 4.82. The van der Waals surface area contributed by atoms with Crippen LogP contribution in [0.15, 0.2) is 17.5 Å². The van der Waals surface area contributed by atoms with Crippen molar-refractivity contribution in [3.8, 4) is 0 Å². The lowest BCUT2D eigenvalue weighted by molar-refractivity contribution is 0.0529. The SMILES string of the molecule is CCCC(c1cccs1)N1CCC(N)C(C)C1C. The predicted octanol–water partition coefficient (Wildman–Crippen LogP) is 3.65. The van der Waals surface area contributed by atoms with Crippen LogP contribution >= 0.6 is 11.3 Å². The van der Waals surface area contributed by atoms with Crippen LogP contribution in [-0.4, -0.2) is 23.5 Å². The quantitative estimate of drug-likeness (QED) is 0.901. The van der Waals surface area contributed by atoms with Gasteiger partial charge in [0.25, 0.3) is 0 Å². The van der Waals surface area contributed by atoms with E-state index < -0.39 is 0 Å². The molecule has 1 aromatic heterocycles. The third-order valence-corrected chi connectivity index (χ3v) is 5.49. The van der Waals surface area contributed by atoms with Crippen LogP contribution in [0.2, 0.25) is 0 Å². The molecular formula is C15H26N2S. The summed E-state index contributed by atoms with van der Waals surface area (Å²) < 4.78 is 0. The molecule has 4 unspecified atom stereocenters. The third kappa shape index (κ3) is 2.79. The molecule has 2 nitrogen and oxygen atoms in total. The summed E-state index contributed by atoms with van der Waals surface area (Å²) in [5.74, 6) is 0.595. The van der Waals surface area contributed by atoms with Gasteiger partial charge in [0.05, 0.1) is 0 Å². The van der Waals surface area contributed by atoms with Crippen LogP contribution in [0.3, 0.4) is 0 Å². The molecule has 1 aromatic rings. The Labute approximate surface area is 115 Å². The minimum absolute atomic E-state index is 0.377. The largest absolute Gasteiger partial charge is 0.327 e. The molecule has 0 radical (unpaired) electrons. The van der Waals surface area contributed by atoms with Gasteiger partial charge in [0.2, 0.25) is 0 Å². The summed E-state index contributed by atoms with van der Waals surface area (Å²) >= 11 is 1.90. The van der Waals surface area contributed by atoms with Gasteiger partial charge < -0.3 is 5.73 Å². The fourth-order valence-corrected chi connectivity index (χ4v) is 3.97. The van der Waals surface area contributed by atoms with Crippen LogP contribution in [0.4, 0.5) is 0 Å². The third-order valence-electron chi connectivity index (χ3n) is 4.51. The van der Waals surface area contributed by atoms with Crippen molar-refractivity contribution in [3.05, 3.63) is 22.4 Å². The zero-order valence-electron chi connectivity index (χ0n) is 11.8. The van der Waals surface area contributed by atoms with Crippen molar-refractivity contribution in [2.75, 3.05) is 6.54 Å². The highest BCUT2D eigenvalue weighted by atomic mass is 32.1. The first-order valence-electron chi connectivity index (χ1n) is 7.19. The van der Waals surface area contributed by atoms with Gasteiger partial charge in [0.1, 0.15) is 0 Å². The Morgan fingerprint density at radius 2 is 2.28 bits per heavy atom. The van der Waals surface area contributed by atoms with E-state index in [0.29, 0.717) is 24.0 Å². The van der Waals surface area contributed by atoms with E-state index in [2.05, 4.69) is 43.2 Å². The number of nitrogens with two attached hydrogens (primary N) is 1. The van der Waals surface area contributed by atoms with E-state index in [1.807, 2.05) is 11.3 Å². The molecule has 1 saturated heterocycles. The molecule has 18 heavy (non-hydrogen) atoms. The van der Waals surface area contributed by atoms with Gasteiger partial charge in [0, 0.05) is 29.5 Å². The van der Waals surface area contributed by atoms with Crippen molar-refractivity contribution in [2.45, 2.75) is 58.2 Å². The number of hydrogen-bond donors (Lipinski definition) is 1. The predicted molar refractivity (Wildman–Crippen MR) is 79.9 cm³/mol. The van der Waals surface area contributed by atoms with Crippen LogP contribution in [0.5, 0.6) is 0 Å². The van der Waals surface area contributed by atoms with Gasteiger partial charge >= 0.3 is 0 Å². The van der Waals surface area contributed by atoms with Crippen LogP contribution in [0.1, 0.15) is 51.0 Å². The van der Waals surface area contributed by atoms with E-state index in [-0.39, 0.29) is 0 Å². The van der Waals surface area contributed by atoms with Crippen molar-refractivity contribution in [2.24, 2.45) is 11.7 Å². The number of thiophene rings is 1. The number of rotatable bonds is 4. The number of hydrogen-bond acceptors (Lipinski definition) is 3. The second-order valence-corrected chi connectivity index (χ2v) is 6.59. The second kappa shape index (κ2) is 6.18. The highest BCUT2D eigenvalue weighted by molar-refractivity contribution is 7.10. The molecule has 0 aromatic carbocycles. The molecule has 2 N–H and O–H groups in total. The van der Waals surface area contributed by atoms with Crippen molar-refractivity contribution >= 4 is 11.3 Å². The molecule has 0 aliphatic carbocycles. The Bertz CT molecular complexity index is 349. The summed E-state index contributed by atoms with van der Waals surface area (Å²) in [6.07, 6.45) is 3.64. The van der Waals surface area contributed by atoms with Crippen molar-refractivity contribution in [1.29, 1.82) is 0 Å². The maximum absolute atomic E-state index is 6.20. The lowest BCUT2D eigenvalue weighted by Gasteiger charge is -2.45. The standard InChI is InChI=1S/C15H26N2S/c1-4-6-14(15-7-5-10-18-15)17-9-8-13(16)11(2)12(17)3/h5,7,10-14H,4,6,8-9,16H2,1-3H3. The lowest BCUT2D eigenvalue weighted by Crippen LogP contribution is -2.52. The monoisotopic (exact) mass is 266 g/mol. The zero-order valence-corrected chi connectivity index (χ0v) is 12.6. The highest BCUT2D eigenvalue weighted by Gasteiger charge is 2.34. The number of likely N-dealkylation sites (tertiary alicyclic amines) is 1. The van der Waals surface area contributed by atoms with Crippen molar-refractivity contribution in [3.63, 3.8) is 0 Å². The molecule has 1 aliphatic rings. The molecule has 2 heterocycles. The van der Waals surface area contributed by atoms with E-state index >= 15 is 0 Å². The van der Waals surface area contributed by atoms with Gasteiger partial charge in [-0.1, -0.05) is 26.3 Å². The number of piperidine rings is 1. The van der Waals surface area contributed by atoms with Crippen LogP contribution in [0, 0.1) is 5.92 Å². The van der Waals surface area contributed by atoms with Gasteiger partial charge in [-0.25, -0.2) is 0 Å². The van der Waals surface area contributed by atoms with E-state index in [1.54, 1.807) is 0 Å². The lowest BCUT2D eigenvalue weighted by atomic mass is 9.86. The van der Waals surface area contributed by atoms with E-state index in [1.165, 1.54) is 17.7 Å². The summed E-state index contributed by atoms with van der Waals surface area (Å²) in [6.45, 7) is 8.08. The first kappa shape index (κ1) is 14.0. The van der Waals surface area contributed by atoms with E-state index in [0.717, 1.165) is 13.0 Å². The van der Waals surface area contributed by atoms with Gasteiger partial charge in [0.15, 0.2) is 0 Å². The molecule has 1 fully saturated rings. The first-order chi connectivity index (χ1) is 8.65. The molecule has 102 valence electrons. The van der Waals surface area contributed by atoms with Crippen LogP contribution in [-0.2, 0) is 0 Å². The number of nitrogens with zero attached hydrogens (tertiary/aromatic N) is 1. The Morgan fingerprint density at radius 1 is 1.50 bits per heavy atom. The molecule has 2 rings (SSSR count). The van der Waals surface area contributed by atoms with E-state index in [9.17, 15) is 0 Å². The molecule has 3 heteroatoms. The molecule has 0 spiro atoms.